The molecule has 18 heavy (non-hydrogen) atoms. The Morgan fingerprint density at radius 3 is 1.89 bits per heavy atom. The van der Waals surface area contributed by atoms with Gasteiger partial charge in [-0.3, -0.25) is 5.32 Å². The molecule has 6 heteroatoms. The fourth-order valence-corrected chi connectivity index (χ4v) is 1.54. The molecule has 6 nitrogen and oxygen atoms in total. The molecule has 0 aromatic heterocycles. The van der Waals surface area contributed by atoms with Crippen LogP contribution in [-0.4, -0.2) is 57.1 Å². The van der Waals surface area contributed by atoms with E-state index >= 15 is 0 Å². The van der Waals surface area contributed by atoms with Crippen molar-refractivity contribution < 1.29 is 5.11 Å². The van der Waals surface area contributed by atoms with Crippen molar-refractivity contribution in [1.29, 1.82) is 0 Å². The zero-order valence-electron chi connectivity index (χ0n) is 11.5. The van der Waals surface area contributed by atoms with E-state index in [1.165, 1.54) is 12.8 Å². The highest BCUT2D eigenvalue weighted by Crippen LogP contribution is 1.85. The summed E-state index contributed by atoms with van der Waals surface area (Å²) < 4.78 is 0. The van der Waals surface area contributed by atoms with Gasteiger partial charge in [0.05, 0.1) is 0 Å². The van der Waals surface area contributed by atoms with Crippen LogP contribution in [0.4, 0.5) is 0 Å². The molecule has 0 fully saturated rings. The van der Waals surface area contributed by atoms with Gasteiger partial charge in [-0.15, -0.1) is 0 Å². The van der Waals surface area contributed by atoms with Gasteiger partial charge in [-0.25, -0.2) is 0 Å². The molecule has 0 aliphatic heterocycles. The molecule has 0 radical (unpaired) electrons. The highest BCUT2D eigenvalue weighted by molar-refractivity contribution is 4.56. The Balaban J connectivity index is 2.94. The van der Waals surface area contributed by atoms with Gasteiger partial charge >= 0.3 is 0 Å². The van der Waals surface area contributed by atoms with Crippen LogP contribution in [0.2, 0.25) is 0 Å². The zero-order valence-corrected chi connectivity index (χ0v) is 11.5. The standard InChI is InChI=1S/C12H31N5O/c13-5-3-8-15-6-1-2-7-16-9-4-10-17-12(18)11-14/h12,15-18H,1-11,13-14H2. The van der Waals surface area contributed by atoms with Gasteiger partial charge in [-0.05, 0) is 65.0 Å². The van der Waals surface area contributed by atoms with Crippen LogP contribution in [0.5, 0.6) is 0 Å². The average Bonchev–Trinajstić information content (AvgIpc) is 2.39. The van der Waals surface area contributed by atoms with E-state index in [4.69, 9.17) is 16.6 Å². The van der Waals surface area contributed by atoms with E-state index in [-0.39, 0.29) is 6.54 Å². The van der Waals surface area contributed by atoms with Gasteiger partial charge < -0.3 is 27.2 Å². The first-order valence-electron chi connectivity index (χ1n) is 7.04. The van der Waals surface area contributed by atoms with Crippen LogP contribution in [0, 0.1) is 0 Å². The number of hydrogen-bond acceptors (Lipinski definition) is 6. The van der Waals surface area contributed by atoms with Crippen molar-refractivity contribution in [2.75, 3.05) is 45.8 Å². The predicted octanol–water partition coefficient (Wildman–Crippen LogP) is -1.45. The second-order valence-electron chi connectivity index (χ2n) is 4.41. The van der Waals surface area contributed by atoms with E-state index in [9.17, 15) is 0 Å². The minimum absolute atomic E-state index is 0.268. The summed E-state index contributed by atoms with van der Waals surface area (Å²) in [7, 11) is 0. The van der Waals surface area contributed by atoms with Crippen LogP contribution >= 0.6 is 0 Å². The molecule has 1 atom stereocenters. The van der Waals surface area contributed by atoms with Crippen LogP contribution in [0.1, 0.15) is 25.7 Å². The SMILES string of the molecule is NCCCNCCCCNCCCNC(O)CN. The Morgan fingerprint density at radius 2 is 1.33 bits per heavy atom. The van der Waals surface area contributed by atoms with E-state index in [1.54, 1.807) is 0 Å². The summed E-state index contributed by atoms with van der Waals surface area (Å²) in [6.07, 6.45) is 3.88. The van der Waals surface area contributed by atoms with Gasteiger partial charge in [0.15, 0.2) is 0 Å². The molecule has 0 aliphatic carbocycles. The normalized spacial score (nSPS) is 12.8. The summed E-state index contributed by atoms with van der Waals surface area (Å²) in [6.45, 7) is 5.96. The van der Waals surface area contributed by atoms with E-state index in [1.807, 2.05) is 0 Å². The molecule has 0 spiro atoms. The Kier molecular flexibility index (Phi) is 14.6. The van der Waals surface area contributed by atoms with Crippen molar-refractivity contribution in [3.05, 3.63) is 0 Å². The van der Waals surface area contributed by atoms with Crippen LogP contribution < -0.4 is 27.4 Å². The van der Waals surface area contributed by atoms with Crippen molar-refractivity contribution in [2.24, 2.45) is 11.5 Å². The fraction of sp³-hybridized carbons (Fsp3) is 1.00. The van der Waals surface area contributed by atoms with Gasteiger partial charge in [0.1, 0.15) is 6.23 Å². The van der Waals surface area contributed by atoms with Crippen molar-refractivity contribution >= 4 is 0 Å². The summed E-state index contributed by atoms with van der Waals surface area (Å²) in [5.74, 6) is 0. The summed E-state index contributed by atoms with van der Waals surface area (Å²) in [4.78, 5) is 0. The Bertz CT molecular complexity index is 159. The lowest BCUT2D eigenvalue weighted by Crippen LogP contribution is -2.37. The lowest BCUT2D eigenvalue weighted by molar-refractivity contribution is 0.145. The zero-order chi connectivity index (χ0) is 13.5. The lowest BCUT2D eigenvalue weighted by Gasteiger charge is -2.10. The Morgan fingerprint density at radius 1 is 0.778 bits per heavy atom. The second kappa shape index (κ2) is 14.8. The quantitative estimate of drug-likeness (QED) is 0.169. The number of nitrogens with two attached hydrogens (primary N) is 2. The summed E-state index contributed by atoms with van der Waals surface area (Å²) in [6, 6.07) is 0. The monoisotopic (exact) mass is 261 g/mol. The second-order valence-corrected chi connectivity index (χ2v) is 4.41. The largest absolute Gasteiger partial charge is 0.377 e. The molecule has 0 heterocycles. The van der Waals surface area contributed by atoms with E-state index < -0.39 is 6.23 Å². The van der Waals surface area contributed by atoms with Gasteiger partial charge in [-0.2, -0.15) is 0 Å². The summed E-state index contributed by atoms with van der Waals surface area (Å²) in [5.41, 5.74) is 10.7. The number of hydrogen-bond donors (Lipinski definition) is 6. The smallest absolute Gasteiger partial charge is 0.117 e. The lowest BCUT2D eigenvalue weighted by atomic mass is 10.3. The van der Waals surface area contributed by atoms with Gasteiger partial charge in [0.25, 0.3) is 0 Å². The van der Waals surface area contributed by atoms with Crippen LogP contribution in [0.25, 0.3) is 0 Å². The van der Waals surface area contributed by atoms with Crippen LogP contribution in [0.15, 0.2) is 0 Å². The van der Waals surface area contributed by atoms with Crippen LogP contribution in [-0.2, 0) is 0 Å². The number of nitrogens with one attached hydrogen (secondary N) is 3. The molecule has 0 aromatic carbocycles. The first-order chi connectivity index (χ1) is 8.81. The topological polar surface area (TPSA) is 108 Å². The average molecular weight is 261 g/mol. The third kappa shape index (κ3) is 13.8. The molecule has 110 valence electrons. The molecule has 1 unspecified atom stereocenters. The molecule has 8 N–H and O–H groups in total. The van der Waals surface area contributed by atoms with E-state index in [2.05, 4.69) is 16.0 Å². The van der Waals surface area contributed by atoms with Gasteiger partial charge in [-0.1, -0.05) is 0 Å². The summed E-state index contributed by atoms with van der Waals surface area (Å²) in [5, 5.41) is 18.8. The third-order valence-electron chi connectivity index (χ3n) is 2.65. The first-order valence-corrected chi connectivity index (χ1v) is 7.04. The van der Waals surface area contributed by atoms with E-state index in [0.717, 1.165) is 52.1 Å². The maximum Gasteiger partial charge on any atom is 0.117 e. The van der Waals surface area contributed by atoms with Crippen LogP contribution in [0.3, 0.4) is 0 Å². The minimum atomic E-state index is -0.565. The van der Waals surface area contributed by atoms with Gasteiger partial charge in [0, 0.05) is 6.54 Å². The molecular formula is C12H31N5O. The first kappa shape index (κ1) is 17.8. The summed E-state index contributed by atoms with van der Waals surface area (Å²) >= 11 is 0. The van der Waals surface area contributed by atoms with Crippen molar-refractivity contribution in [1.82, 2.24) is 16.0 Å². The molecule has 0 saturated heterocycles. The van der Waals surface area contributed by atoms with Crippen molar-refractivity contribution in [3.63, 3.8) is 0 Å². The predicted molar refractivity (Wildman–Crippen MR) is 76.3 cm³/mol. The Labute approximate surface area is 111 Å². The highest BCUT2D eigenvalue weighted by atomic mass is 16.3. The number of aliphatic hydroxyl groups is 1. The maximum atomic E-state index is 9.15. The molecule has 0 aliphatic rings. The molecule has 0 aromatic rings. The minimum Gasteiger partial charge on any atom is -0.377 e. The highest BCUT2D eigenvalue weighted by Gasteiger charge is 1.97. The molecular weight excluding hydrogens is 230 g/mol. The molecule has 0 amide bonds. The van der Waals surface area contributed by atoms with E-state index in [0.29, 0.717) is 0 Å². The number of aliphatic hydroxyl groups excluding tert-OH is 1. The molecule has 0 saturated carbocycles. The Hall–Kier alpha value is -0.240. The third-order valence-corrected chi connectivity index (χ3v) is 2.65. The maximum absolute atomic E-state index is 9.15. The molecule has 0 bridgehead atoms. The number of unbranched alkanes of at least 4 members (excludes halogenated alkanes) is 1. The van der Waals surface area contributed by atoms with Gasteiger partial charge in [0.2, 0.25) is 0 Å². The van der Waals surface area contributed by atoms with Crippen molar-refractivity contribution in [2.45, 2.75) is 31.9 Å². The molecule has 0 rings (SSSR count). The fourth-order valence-electron chi connectivity index (χ4n) is 1.54. The number of rotatable bonds is 14. The van der Waals surface area contributed by atoms with Crippen molar-refractivity contribution in [3.8, 4) is 0 Å².